The number of nitrogen functional groups attached to an aromatic ring is 1. The Morgan fingerprint density at radius 2 is 1.76 bits per heavy atom. The van der Waals surface area contributed by atoms with Crippen molar-refractivity contribution >= 4 is 15.7 Å². The first-order valence-corrected chi connectivity index (χ1v) is 8.23. The van der Waals surface area contributed by atoms with Crippen molar-refractivity contribution in [3.05, 3.63) is 59.2 Å². The van der Waals surface area contributed by atoms with Gasteiger partial charge in [-0.2, -0.15) is 0 Å². The summed E-state index contributed by atoms with van der Waals surface area (Å²) in [6.45, 7) is 5.45. The third kappa shape index (κ3) is 3.43. The lowest BCUT2D eigenvalue weighted by molar-refractivity contribution is 0.566. The molecule has 0 amide bonds. The second-order valence-electron chi connectivity index (χ2n) is 5.24. The first-order valence-electron chi connectivity index (χ1n) is 6.75. The maximum absolute atomic E-state index is 12.5. The van der Waals surface area contributed by atoms with Crippen LogP contribution in [0.1, 0.15) is 29.7 Å². The second-order valence-corrected chi connectivity index (χ2v) is 6.92. The molecular weight excluding hydrogens is 284 g/mol. The van der Waals surface area contributed by atoms with Crippen molar-refractivity contribution in [3.63, 3.8) is 0 Å². The topological polar surface area (TPSA) is 72.2 Å². The SMILES string of the molecule is Cc1ccc(C)c(S(=O)(=O)NC(C)c2ccccc2N)c1. The average Bonchev–Trinajstić information content (AvgIpc) is 2.41. The lowest BCUT2D eigenvalue weighted by atomic mass is 10.1. The van der Waals surface area contributed by atoms with Crippen molar-refractivity contribution in [1.29, 1.82) is 0 Å². The molecule has 1 unspecified atom stereocenters. The molecule has 2 aromatic carbocycles. The Balaban J connectivity index is 2.34. The van der Waals surface area contributed by atoms with Gasteiger partial charge in [0.15, 0.2) is 0 Å². The third-order valence-electron chi connectivity index (χ3n) is 3.43. The van der Waals surface area contributed by atoms with Crippen molar-refractivity contribution in [1.82, 2.24) is 4.72 Å². The molecule has 0 heterocycles. The minimum absolute atomic E-state index is 0.309. The highest BCUT2D eigenvalue weighted by atomic mass is 32.2. The Morgan fingerprint density at radius 1 is 1.10 bits per heavy atom. The molecule has 0 radical (unpaired) electrons. The Labute approximate surface area is 126 Å². The van der Waals surface area contributed by atoms with E-state index in [-0.39, 0.29) is 0 Å². The molecule has 1 atom stereocenters. The molecule has 2 aromatic rings. The number of rotatable bonds is 4. The van der Waals surface area contributed by atoms with E-state index in [0.717, 1.165) is 16.7 Å². The van der Waals surface area contributed by atoms with Crippen LogP contribution in [-0.4, -0.2) is 8.42 Å². The predicted molar refractivity (Wildman–Crippen MR) is 85.5 cm³/mol. The first-order chi connectivity index (χ1) is 9.81. The van der Waals surface area contributed by atoms with Gasteiger partial charge in [0.2, 0.25) is 10.0 Å². The molecule has 0 saturated carbocycles. The smallest absolute Gasteiger partial charge is 0.241 e. The highest BCUT2D eigenvalue weighted by Crippen LogP contribution is 2.23. The molecule has 4 nitrogen and oxygen atoms in total. The third-order valence-corrected chi connectivity index (χ3v) is 5.11. The van der Waals surface area contributed by atoms with Gasteiger partial charge in [-0.15, -0.1) is 0 Å². The van der Waals surface area contributed by atoms with Crippen LogP contribution in [0.4, 0.5) is 5.69 Å². The number of aryl methyl sites for hydroxylation is 2. The minimum atomic E-state index is -3.58. The molecule has 0 bridgehead atoms. The lowest BCUT2D eigenvalue weighted by Crippen LogP contribution is -2.28. The van der Waals surface area contributed by atoms with Gasteiger partial charge in [-0.25, -0.2) is 13.1 Å². The van der Waals surface area contributed by atoms with Crippen molar-refractivity contribution in [2.45, 2.75) is 31.7 Å². The summed E-state index contributed by atoms with van der Waals surface area (Å²) in [6.07, 6.45) is 0. The molecule has 0 aliphatic heterocycles. The van der Waals surface area contributed by atoms with Gasteiger partial charge in [0.25, 0.3) is 0 Å². The van der Waals surface area contributed by atoms with Crippen LogP contribution >= 0.6 is 0 Å². The molecule has 3 N–H and O–H groups in total. The number of sulfonamides is 1. The lowest BCUT2D eigenvalue weighted by Gasteiger charge is -2.17. The first kappa shape index (κ1) is 15.5. The summed E-state index contributed by atoms with van der Waals surface area (Å²) in [5, 5.41) is 0. The molecule has 0 aliphatic rings. The summed E-state index contributed by atoms with van der Waals surface area (Å²) in [5.74, 6) is 0. The van der Waals surface area contributed by atoms with E-state index in [0.29, 0.717) is 10.6 Å². The van der Waals surface area contributed by atoms with Crippen LogP contribution in [0.3, 0.4) is 0 Å². The summed E-state index contributed by atoms with van der Waals surface area (Å²) in [7, 11) is -3.58. The highest BCUT2D eigenvalue weighted by molar-refractivity contribution is 7.89. The number of hydrogen-bond donors (Lipinski definition) is 2. The molecule has 0 saturated heterocycles. The molecule has 21 heavy (non-hydrogen) atoms. The van der Waals surface area contributed by atoms with Crippen LogP contribution in [0.25, 0.3) is 0 Å². The number of hydrogen-bond acceptors (Lipinski definition) is 3. The normalized spacial score (nSPS) is 13.1. The maximum atomic E-state index is 12.5. The number of para-hydroxylation sites is 1. The quantitative estimate of drug-likeness (QED) is 0.853. The average molecular weight is 304 g/mol. The number of benzene rings is 2. The number of nitrogens with one attached hydrogen (secondary N) is 1. The van der Waals surface area contributed by atoms with E-state index in [4.69, 9.17) is 5.73 Å². The molecule has 0 aromatic heterocycles. The van der Waals surface area contributed by atoms with E-state index in [1.54, 1.807) is 26.0 Å². The van der Waals surface area contributed by atoms with E-state index in [9.17, 15) is 8.42 Å². The molecule has 0 aliphatic carbocycles. The fourth-order valence-electron chi connectivity index (χ4n) is 2.26. The van der Waals surface area contributed by atoms with Crippen molar-refractivity contribution in [2.75, 3.05) is 5.73 Å². The molecule has 5 heteroatoms. The van der Waals surface area contributed by atoms with Gasteiger partial charge in [0.05, 0.1) is 4.90 Å². The standard InChI is InChI=1S/C16H20N2O2S/c1-11-8-9-12(2)16(10-11)21(19,20)18-13(3)14-6-4-5-7-15(14)17/h4-10,13,18H,17H2,1-3H3. The van der Waals surface area contributed by atoms with Gasteiger partial charge in [0.1, 0.15) is 0 Å². The Kier molecular flexibility index (Phi) is 4.34. The Hall–Kier alpha value is -1.85. The zero-order valence-corrected chi connectivity index (χ0v) is 13.2. The van der Waals surface area contributed by atoms with Crippen LogP contribution in [0.5, 0.6) is 0 Å². The summed E-state index contributed by atoms with van der Waals surface area (Å²) in [4.78, 5) is 0.309. The van der Waals surface area contributed by atoms with Crippen molar-refractivity contribution in [3.8, 4) is 0 Å². The van der Waals surface area contributed by atoms with E-state index in [2.05, 4.69) is 4.72 Å². The second kappa shape index (κ2) is 5.87. The molecule has 0 fully saturated rings. The minimum Gasteiger partial charge on any atom is -0.398 e. The zero-order valence-electron chi connectivity index (χ0n) is 12.4. The van der Waals surface area contributed by atoms with Crippen molar-refractivity contribution in [2.24, 2.45) is 0 Å². The molecule has 112 valence electrons. The fourth-order valence-corrected chi connectivity index (χ4v) is 3.81. The molecule has 0 spiro atoms. The van der Waals surface area contributed by atoms with Crippen LogP contribution in [0.2, 0.25) is 0 Å². The summed E-state index contributed by atoms with van der Waals surface area (Å²) in [6, 6.07) is 12.2. The van der Waals surface area contributed by atoms with Crippen LogP contribution < -0.4 is 10.5 Å². The van der Waals surface area contributed by atoms with E-state index in [1.165, 1.54) is 0 Å². The fraction of sp³-hybridized carbons (Fsp3) is 0.250. The Morgan fingerprint density at radius 3 is 2.43 bits per heavy atom. The highest BCUT2D eigenvalue weighted by Gasteiger charge is 2.21. The van der Waals surface area contributed by atoms with Gasteiger partial charge < -0.3 is 5.73 Å². The van der Waals surface area contributed by atoms with Gasteiger partial charge in [-0.3, -0.25) is 0 Å². The van der Waals surface area contributed by atoms with Gasteiger partial charge in [-0.05, 0) is 49.6 Å². The predicted octanol–water partition coefficient (Wildman–Crippen LogP) is 2.93. The van der Waals surface area contributed by atoms with E-state index in [1.807, 2.05) is 37.3 Å². The van der Waals surface area contributed by atoms with Crippen LogP contribution in [0, 0.1) is 13.8 Å². The van der Waals surface area contributed by atoms with Gasteiger partial charge in [0, 0.05) is 11.7 Å². The zero-order chi connectivity index (χ0) is 15.6. The van der Waals surface area contributed by atoms with E-state index >= 15 is 0 Å². The van der Waals surface area contributed by atoms with Crippen LogP contribution in [-0.2, 0) is 10.0 Å². The summed E-state index contributed by atoms with van der Waals surface area (Å²) >= 11 is 0. The number of anilines is 1. The molecular formula is C16H20N2O2S. The van der Waals surface area contributed by atoms with Crippen molar-refractivity contribution < 1.29 is 8.42 Å². The Bertz CT molecular complexity index is 755. The van der Waals surface area contributed by atoms with Gasteiger partial charge in [-0.1, -0.05) is 30.3 Å². The summed E-state index contributed by atoms with van der Waals surface area (Å²) < 4.78 is 27.8. The monoisotopic (exact) mass is 304 g/mol. The van der Waals surface area contributed by atoms with E-state index < -0.39 is 16.1 Å². The number of nitrogens with two attached hydrogens (primary N) is 1. The molecule has 2 rings (SSSR count). The largest absolute Gasteiger partial charge is 0.398 e. The maximum Gasteiger partial charge on any atom is 0.241 e. The summed E-state index contributed by atoms with van der Waals surface area (Å²) in [5.41, 5.74) is 8.88. The van der Waals surface area contributed by atoms with Crippen LogP contribution in [0.15, 0.2) is 47.4 Å². The van der Waals surface area contributed by atoms with Gasteiger partial charge >= 0.3 is 0 Å².